The molecule has 17 heavy (non-hydrogen) atoms. The van der Waals surface area contributed by atoms with Crippen LogP contribution in [0.15, 0.2) is 17.1 Å². The fourth-order valence-corrected chi connectivity index (χ4v) is 3.02. The topological polar surface area (TPSA) is 36.4 Å². The van der Waals surface area contributed by atoms with Gasteiger partial charge >= 0.3 is 0 Å². The second-order valence-electron chi connectivity index (χ2n) is 3.25. The number of halogens is 2. The zero-order valence-corrected chi connectivity index (χ0v) is 15.4. The van der Waals surface area contributed by atoms with Gasteiger partial charge in [0.1, 0.15) is 0 Å². The molecule has 0 aliphatic heterocycles. The predicted molar refractivity (Wildman–Crippen MR) is 95.8 cm³/mol. The summed E-state index contributed by atoms with van der Waals surface area (Å²) in [5.74, 6) is 0.913. The SMILES string of the molecule is CCNC(=NCCc1ccc(I)s1)NCC.I. The second kappa shape index (κ2) is 10.4. The summed E-state index contributed by atoms with van der Waals surface area (Å²) in [6.45, 7) is 6.81. The van der Waals surface area contributed by atoms with Crippen LogP contribution in [0.25, 0.3) is 0 Å². The van der Waals surface area contributed by atoms with E-state index in [0.717, 1.165) is 32.0 Å². The summed E-state index contributed by atoms with van der Waals surface area (Å²) in [6.07, 6.45) is 1.02. The van der Waals surface area contributed by atoms with Gasteiger partial charge in [-0.1, -0.05) is 0 Å². The average Bonchev–Trinajstić information content (AvgIpc) is 2.65. The summed E-state index contributed by atoms with van der Waals surface area (Å²) in [7, 11) is 0. The number of hydrogen-bond donors (Lipinski definition) is 2. The molecular formula is C11H19I2N3S. The first-order chi connectivity index (χ1) is 7.76. The lowest BCUT2D eigenvalue weighted by molar-refractivity contribution is 0.835. The van der Waals surface area contributed by atoms with Gasteiger partial charge in [0.2, 0.25) is 0 Å². The first-order valence-corrected chi connectivity index (χ1v) is 7.42. The molecule has 0 aliphatic rings. The number of hydrogen-bond acceptors (Lipinski definition) is 2. The lowest BCUT2D eigenvalue weighted by Crippen LogP contribution is -2.37. The van der Waals surface area contributed by atoms with Crippen LogP contribution in [0.2, 0.25) is 0 Å². The Morgan fingerprint density at radius 3 is 2.41 bits per heavy atom. The lowest BCUT2D eigenvalue weighted by Gasteiger charge is -2.08. The van der Waals surface area contributed by atoms with E-state index in [1.165, 1.54) is 7.76 Å². The van der Waals surface area contributed by atoms with Crippen LogP contribution < -0.4 is 10.6 Å². The van der Waals surface area contributed by atoms with Gasteiger partial charge in [-0.25, -0.2) is 0 Å². The zero-order chi connectivity index (χ0) is 11.8. The first kappa shape index (κ1) is 17.4. The van der Waals surface area contributed by atoms with Gasteiger partial charge in [-0.05, 0) is 48.6 Å². The molecule has 0 fully saturated rings. The molecular weight excluding hydrogens is 460 g/mol. The number of thiophene rings is 1. The van der Waals surface area contributed by atoms with E-state index in [0.29, 0.717) is 0 Å². The van der Waals surface area contributed by atoms with Crippen molar-refractivity contribution >= 4 is 63.9 Å². The number of guanidine groups is 1. The molecule has 6 heteroatoms. The van der Waals surface area contributed by atoms with E-state index in [9.17, 15) is 0 Å². The van der Waals surface area contributed by atoms with Crippen LogP contribution in [-0.4, -0.2) is 25.6 Å². The van der Waals surface area contributed by atoms with Gasteiger partial charge in [-0.3, -0.25) is 4.99 Å². The summed E-state index contributed by atoms with van der Waals surface area (Å²) in [5.41, 5.74) is 0. The third-order valence-corrected chi connectivity index (χ3v) is 3.90. The van der Waals surface area contributed by atoms with E-state index in [2.05, 4.69) is 64.2 Å². The summed E-state index contributed by atoms with van der Waals surface area (Å²) in [4.78, 5) is 5.91. The van der Waals surface area contributed by atoms with Gasteiger partial charge < -0.3 is 10.6 Å². The lowest BCUT2D eigenvalue weighted by atomic mass is 10.3. The van der Waals surface area contributed by atoms with Gasteiger partial charge in [0.15, 0.2) is 5.96 Å². The fraction of sp³-hybridized carbons (Fsp3) is 0.545. The highest BCUT2D eigenvalue weighted by atomic mass is 127. The van der Waals surface area contributed by atoms with Crippen molar-refractivity contribution in [2.24, 2.45) is 4.99 Å². The molecule has 3 nitrogen and oxygen atoms in total. The minimum absolute atomic E-state index is 0. The molecule has 1 aromatic rings. The van der Waals surface area contributed by atoms with E-state index in [4.69, 9.17) is 0 Å². The average molecular weight is 479 g/mol. The van der Waals surface area contributed by atoms with E-state index in [1.54, 1.807) is 0 Å². The highest BCUT2D eigenvalue weighted by molar-refractivity contribution is 14.1. The Morgan fingerprint density at radius 2 is 1.94 bits per heavy atom. The largest absolute Gasteiger partial charge is 0.357 e. The van der Waals surface area contributed by atoms with Crippen molar-refractivity contribution in [1.29, 1.82) is 0 Å². The third-order valence-electron chi connectivity index (χ3n) is 1.95. The Balaban J connectivity index is 0.00000256. The zero-order valence-electron chi connectivity index (χ0n) is 10.1. The van der Waals surface area contributed by atoms with Crippen LogP contribution in [0.3, 0.4) is 0 Å². The summed E-state index contributed by atoms with van der Waals surface area (Å²) in [5, 5.41) is 6.43. The molecule has 98 valence electrons. The van der Waals surface area contributed by atoms with Gasteiger partial charge in [0, 0.05) is 30.9 Å². The van der Waals surface area contributed by atoms with Crippen LogP contribution >= 0.6 is 57.9 Å². The minimum atomic E-state index is 0. The van der Waals surface area contributed by atoms with Crippen molar-refractivity contribution < 1.29 is 0 Å². The molecule has 0 aliphatic carbocycles. The normalized spacial score (nSPS) is 9.35. The van der Waals surface area contributed by atoms with Gasteiger partial charge in [-0.2, -0.15) is 0 Å². The van der Waals surface area contributed by atoms with Crippen LogP contribution in [0.1, 0.15) is 18.7 Å². The van der Waals surface area contributed by atoms with Crippen molar-refractivity contribution in [1.82, 2.24) is 10.6 Å². The molecule has 0 spiro atoms. The molecule has 0 saturated heterocycles. The number of aliphatic imine (C=N–C) groups is 1. The molecule has 0 unspecified atom stereocenters. The minimum Gasteiger partial charge on any atom is -0.357 e. The maximum absolute atomic E-state index is 4.51. The molecule has 0 radical (unpaired) electrons. The molecule has 0 atom stereocenters. The fourth-order valence-electron chi connectivity index (χ4n) is 1.27. The second-order valence-corrected chi connectivity index (χ2v) is 6.31. The van der Waals surface area contributed by atoms with Crippen LogP contribution in [0.5, 0.6) is 0 Å². The maximum Gasteiger partial charge on any atom is 0.191 e. The Kier molecular flexibility index (Phi) is 10.6. The van der Waals surface area contributed by atoms with Gasteiger partial charge in [0.05, 0.1) is 2.88 Å². The van der Waals surface area contributed by atoms with E-state index >= 15 is 0 Å². The Bertz CT molecular complexity index is 331. The Hall–Kier alpha value is 0.430. The highest BCUT2D eigenvalue weighted by Gasteiger charge is 1.98. The number of nitrogens with zero attached hydrogens (tertiary/aromatic N) is 1. The van der Waals surface area contributed by atoms with Crippen LogP contribution in [0, 0.1) is 2.88 Å². The molecule has 1 aromatic heterocycles. The smallest absolute Gasteiger partial charge is 0.191 e. The molecule has 0 saturated carbocycles. The number of nitrogens with one attached hydrogen (secondary N) is 2. The Morgan fingerprint density at radius 1 is 1.29 bits per heavy atom. The highest BCUT2D eigenvalue weighted by Crippen LogP contribution is 2.18. The maximum atomic E-state index is 4.51. The van der Waals surface area contributed by atoms with Gasteiger partial charge in [0.25, 0.3) is 0 Å². The summed E-state index contributed by atoms with van der Waals surface area (Å²) >= 11 is 4.19. The van der Waals surface area contributed by atoms with Crippen molar-refractivity contribution in [2.45, 2.75) is 20.3 Å². The number of rotatable bonds is 5. The summed E-state index contributed by atoms with van der Waals surface area (Å²) in [6, 6.07) is 4.34. The molecule has 0 aromatic carbocycles. The quantitative estimate of drug-likeness (QED) is 0.387. The van der Waals surface area contributed by atoms with Crippen LogP contribution in [-0.2, 0) is 6.42 Å². The van der Waals surface area contributed by atoms with E-state index < -0.39 is 0 Å². The summed E-state index contributed by atoms with van der Waals surface area (Å²) < 4.78 is 1.34. The first-order valence-electron chi connectivity index (χ1n) is 5.52. The van der Waals surface area contributed by atoms with Crippen LogP contribution in [0.4, 0.5) is 0 Å². The molecule has 1 heterocycles. The van der Waals surface area contributed by atoms with Crippen molar-refractivity contribution in [3.63, 3.8) is 0 Å². The van der Waals surface area contributed by atoms with E-state index in [-0.39, 0.29) is 24.0 Å². The molecule has 0 bridgehead atoms. The van der Waals surface area contributed by atoms with E-state index in [1.807, 2.05) is 11.3 Å². The molecule has 0 amide bonds. The van der Waals surface area contributed by atoms with Crippen molar-refractivity contribution in [2.75, 3.05) is 19.6 Å². The molecule has 2 N–H and O–H groups in total. The third kappa shape index (κ3) is 7.45. The predicted octanol–water partition coefficient (Wildman–Crippen LogP) is 3.09. The molecule has 1 rings (SSSR count). The standard InChI is InChI=1S/C11H18IN3S.HI/c1-3-13-11(14-4-2)15-8-7-9-5-6-10(12)16-9;/h5-6H,3-4,7-8H2,1-2H3,(H2,13,14,15);1H. The van der Waals surface area contributed by atoms with Crippen molar-refractivity contribution in [3.8, 4) is 0 Å². The van der Waals surface area contributed by atoms with Gasteiger partial charge in [-0.15, -0.1) is 35.3 Å². The van der Waals surface area contributed by atoms with Crippen molar-refractivity contribution in [3.05, 3.63) is 19.9 Å². The monoisotopic (exact) mass is 479 g/mol. The Labute approximate surface area is 138 Å².